The van der Waals surface area contributed by atoms with E-state index in [-0.39, 0.29) is 25.0 Å². The van der Waals surface area contributed by atoms with E-state index in [9.17, 15) is 19.5 Å². The molecule has 0 aliphatic heterocycles. The lowest BCUT2D eigenvalue weighted by molar-refractivity contribution is -0.143. The molecule has 1 aromatic carbocycles. The first kappa shape index (κ1) is 30.5. The second kappa shape index (κ2) is 13.1. The van der Waals surface area contributed by atoms with E-state index in [0.717, 1.165) is 23.3 Å². The molecular weight excluding hydrogens is 542 g/mol. The van der Waals surface area contributed by atoms with Gasteiger partial charge in [-0.1, -0.05) is 35.5 Å². The van der Waals surface area contributed by atoms with Crippen molar-refractivity contribution in [2.45, 2.75) is 85.2 Å². The standard InChI is InChI=1S/C31H37N3O8/c1-19-24(17-34(30(38)41-31(3,4)5)29(37)39-18-21-10-7-6-8-11-21)27(42-33-19)25-14-15-26(20(2)32-25)40-23-13-9-12-22(16-23)28(35)36/h6-8,10-11,14-15,22-23H,9,12-13,16-18H2,1-5H3,(H,35,36). The summed E-state index contributed by atoms with van der Waals surface area (Å²) in [7, 11) is 0. The summed E-state index contributed by atoms with van der Waals surface area (Å²) in [6.45, 7) is 8.37. The number of hydrogen-bond acceptors (Lipinski definition) is 9. The molecule has 224 valence electrons. The molecule has 11 heteroatoms. The number of carbonyl (C=O) groups excluding carboxylic acids is 2. The van der Waals surface area contributed by atoms with Crippen molar-refractivity contribution in [1.29, 1.82) is 0 Å². The van der Waals surface area contributed by atoms with Crippen LogP contribution in [0.5, 0.6) is 5.75 Å². The van der Waals surface area contributed by atoms with Crippen LogP contribution in [0.25, 0.3) is 11.5 Å². The number of benzene rings is 1. The molecule has 2 heterocycles. The summed E-state index contributed by atoms with van der Waals surface area (Å²) in [6.07, 6.45) is 0.707. The first-order valence-corrected chi connectivity index (χ1v) is 13.9. The zero-order valence-corrected chi connectivity index (χ0v) is 24.6. The molecule has 1 saturated carbocycles. The highest BCUT2D eigenvalue weighted by molar-refractivity contribution is 5.88. The van der Waals surface area contributed by atoms with Crippen LogP contribution in [0.3, 0.4) is 0 Å². The highest BCUT2D eigenvalue weighted by Gasteiger charge is 2.32. The Balaban J connectivity index is 1.55. The maximum atomic E-state index is 13.2. The molecule has 0 saturated heterocycles. The van der Waals surface area contributed by atoms with Gasteiger partial charge in [0.05, 0.1) is 30.0 Å². The van der Waals surface area contributed by atoms with Crippen LogP contribution >= 0.6 is 0 Å². The Bertz CT molecular complexity index is 1410. The Kier molecular flexibility index (Phi) is 9.49. The number of carboxylic acids is 1. The van der Waals surface area contributed by atoms with Crippen molar-refractivity contribution in [1.82, 2.24) is 15.0 Å². The highest BCUT2D eigenvalue weighted by atomic mass is 16.6. The van der Waals surface area contributed by atoms with Crippen LogP contribution in [0.2, 0.25) is 0 Å². The summed E-state index contributed by atoms with van der Waals surface area (Å²) in [5.74, 6) is -0.378. The summed E-state index contributed by atoms with van der Waals surface area (Å²) in [5.41, 5.74) is 1.87. The van der Waals surface area contributed by atoms with Gasteiger partial charge in [0, 0.05) is 5.56 Å². The minimum Gasteiger partial charge on any atom is -0.489 e. The van der Waals surface area contributed by atoms with E-state index < -0.39 is 29.7 Å². The number of imide groups is 1. The normalized spacial score (nSPS) is 16.9. The molecule has 42 heavy (non-hydrogen) atoms. The molecule has 1 aliphatic carbocycles. The molecule has 0 radical (unpaired) electrons. The van der Waals surface area contributed by atoms with E-state index >= 15 is 0 Å². The SMILES string of the molecule is Cc1nc(-c2onc(C)c2CN(C(=O)OCc2ccccc2)C(=O)OC(C)(C)C)ccc1OC1CCCC(C(=O)O)C1. The Labute approximate surface area is 244 Å². The number of amides is 2. The molecule has 2 atom stereocenters. The van der Waals surface area contributed by atoms with Crippen molar-refractivity contribution >= 4 is 18.2 Å². The number of pyridine rings is 1. The van der Waals surface area contributed by atoms with Crippen molar-refractivity contribution in [2.24, 2.45) is 5.92 Å². The van der Waals surface area contributed by atoms with Gasteiger partial charge in [-0.2, -0.15) is 0 Å². The zero-order valence-electron chi connectivity index (χ0n) is 24.6. The zero-order chi connectivity index (χ0) is 30.4. The third-order valence-corrected chi connectivity index (χ3v) is 6.88. The summed E-state index contributed by atoms with van der Waals surface area (Å²) in [5, 5.41) is 13.5. The number of aliphatic carboxylic acids is 1. The number of ether oxygens (including phenoxy) is 3. The average Bonchev–Trinajstić information content (AvgIpc) is 3.30. The maximum Gasteiger partial charge on any atom is 0.420 e. The lowest BCUT2D eigenvalue weighted by atomic mass is 9.87. The third-order valence-electron chi connectivity index (χ3n) is 6.88. The Morgan fingerprint density at radius 2 is 1.76 bits per heavy atom. The number of carbonyl (C=O) groups is 3. The molecule has 4 rings (SSSR count). The van der Waals surface area contributed by atoms with Gasteiger partial charge < -0.3 is 23.8 Å². The lowest BCUT2D eigenvalue weighted by Crippen LogP contribution is -2.40. The summed E-state index contributed by atoms with van der Waals surface area (Å²) in [4.78, 5) is 43.3. The van der Waals surface area contributed by atoms with E-state index in [4.69, 9.17) is 18.7 Å². The van der Waals surface area contributed by atoms with Gasteiger partial charge >= 0.3 is 18.2 Å². The van der Waals surface area contributed by atoms with Gasteiger partial charge in [-0.25, -0.2) is 19.5 Å². The van der Waals surface area contributed by atoms with Crippen LogP contribution in [0.15, 0.2) is 47.0 Å². The molecule has 3 aromatic rings. The predicted octanol–water partition coefficient (Wildman–Crippen LogP) is 6.45. The number of hydrogen-bond donors (Lipinski definition) is 1. The molecule has 2 unspecified atom stereocenters. The third kappa shape index (κ3) is 7.86. The Hall–Kier alpha value is -4.41. The fraction of sp³-hybridized carbons (Fsp3) is 0.452. The van der Waals surface area contributed by atoms with Crippen LogP contribution in [0, 0.1) is 19.8 Å². The first-order chi connectivity index (χ1) is 19.9. The molecule has 11 nitrogen and oxygen atoms in total. The van der Waals surface area contributed by atoms with E-state index in [1.807, 2.05) is 30.3 Å². The predicted molar refractivity (Wildman–Crippen MR) is 152 cm³/mol. The first-order valence-electron chi connectivity index (χ1n) is 13.9. The molecule has 0 spiro atoms. The number of rotatable bonds is 8. The highest BCUT2D eigenvalue weighted by Crippen LogP contribution is 2.32. The van der Waals surface area contributed by atoms with Gasteiger partial charge in [-0.3, -0.25) is 4.79 Å². The van der Waals surface area contributed by atoms with E-state index in [0.29, 0.717) is 41.2 Å². The van der Waals surface area contributed by atoms with Crippen molar-refractivity contribution in [3.8, 4) is 17.2 Å². The van der Waals surface area contributed by atoms with Gasteiger partial charge in [-0.05, 0) is 78.0 Å². The summed E-state index contributed by atoms with van der Waals surface area (Å²) in [6, 6.07) is 12.6. The second-order valence-electron chi connectivity index (χ2n) is 11.4. The Morgan fingerprint density at radius 1 is 1.02 bits per heavy atom. The molecule has 2 aromatic heterocycles. The van der Waals surface area contributed by atoms with E-state index in [2.05, 4.69) is 10.1 Å². The van der Waals surface area contributed by atoms with Crippen LogP contribution in [-0.2, 0) is 27.4 Å². The monoisotopic (exact) mass is 579 g/mol. The van der Waals surface area contributed by atoms with E-state index in [1.54, 1.807) is 46.8 Å². The smallest absolute Gasteiger partial charge is 0.420 e. The summed E-state index contributed by atoms with van der Waals surface area (Å²) < 4.78 is 22.7. The number of nitrogens with zero attached hydrogens (tertiary/aromatic N) is 3. The lowest BCUT2D eigenvalue weighted by Gasteiger charge is -2.27. The van der Waals surface area contributed by atoms with Crippen molar-refractivity contribution in [2.75, 3.05) is 0 Å². The molecule has 1 aliphatic rings. The minimum absolute atomic E-state index is 0.0230. The quantitative estimate of drug-likeness (QED) is 0.316. The fourth-order valence-electron chi connectivity index (χ4n) is 4.71. The van der Waals surface area contributed by atoms with Crippen LogP contribution in [-0.4, -0.2) is 50.0 Å². The maximum absolute atomic E-state index is 13.2. The Morgan fingerprint density at radius 3 is 2.43 bits per heavy atom. The minimum atomic E-state index is -0.875. The topological polar surface area (TPSA) is 141 Å². The van der Waals surface area contributed by atoms with Gasteiger partial charge in [0.15, 0.2) is 5.76 Å². The summed E-state index contributed by atoms with van der Waals surface area (Å²) >= 11 is 0. The van der Waals surface area contributed by atoms with Crippen molar-refractivity contribution in [3.63, 3.8) is 0 Å². The fourth-order valence-corrected chi connectivity index (χ4v) is 4.71. The molecule has 0 bridgehead atoms. The van der Waals surface area contributed by atoms with Gasteiger partial charge in [0.2, 0.25) is 0 Å². The largest absolute Gasteiger partial charge is 0.489 e. The van der Waals surface area contributed by atoms with Gasteiger partial charge in [0.1, 0.15) is 23.7 Å². The van der Waals surface area contributed by atoms with Crippen molar-refractivity contribution < 1.29 is 38.2 Å². The van der Waals surface area contributed by atoms with E-state index in [1.165, 1.54) is 0 Å². The van der Waals surface area contributed by atoms with Gasteiger partial charge in [0.25, 0.3) is 0 Å². The average molecular weight is 580 g/mol. The molecular formula is C31H37N3O8. The number of carboxylic acid groups (broad SMARTS) is 1. The van der Waals surface area contributed by atoms with Crippen LogP contribution < -0.4 is 4.74 Å². The van der Waals surface area contributed by atoms with Crippen LogP contribution in [0.4, 0.5) is 9.59 Å². The second-order valence-corrected chi connectivity index (χ2v) is 11.4. The number of aryl methyl sites for hydroxylation is 2. The van der Waals surface area contributed by atoms with Crippen LogP contribution in [0.1, 0.15) is 69.0 Å². The number of aromatic nitrogens is 2. The molecule has 1 N–H and O–H groups in total. The van der Waals surface area contributed by atoms with Gasteiger partial charge in [-0.15, -0.1) is 0 Å². The molecule has 1 fully saturated rings. The van der Waals surface area contributed by atoms with Crippen molar-refractivity contribution in [3.05, 3.63) is 65.0 Å². The molecule has 2 amide bonds.